The van der Waals surface area contributed by atoms with Gasteiger partial charge >= 0.3 is 0 Å². The first-order valence-electron chi connectivity index (χ1n) is 7.04. The standard InChI is InChI=1S/C13H21N3O3/c1-2-5-11-14-13(19-15-11)9-8-12(17)16-18-10-6-3-4-7-10/h10H,2-9H2,1H3,(H,16,17). The highest BCUT2D eigenvalue weighted by Crippen LogP contribution is 2.19. The van der Waals surface area contributed by atoms with Gasteiger partial charge in [-0.15, -0.1) is 0 Å². The second-order valence-corrected chi connectivity index (χ2v) is 4.90. The molecule has 1 saturated carbocycles. The summed E-state index contributed by atoms with van der Waals surface area (Å²) >= 11 is 0. The zero-order chi connectivity index (χ0) is 13.5. The molecule has 1 fully saturated rings. The van der Waals surface area contributed by atoms with Crippen LogP contribution in [-0.2, 0) is 22.5 Å². The van der Waals surface area contributed by atoms with Gasteiger partial charge in [0.15, 0.2) is 5.82 Å². The van der Waals surface area contributed by atoms with Crippen LogP contribution < -0.4 is 5.48 Å². The van der Waals surface area contributed by atoms with Crippen molar-refractivity contribution < 1.29 is 14.2 Å². The largest absolute Gasteiger partial charge is 0.339 e. The molecule has 0 spiro atoms. The SMILES string of the molecule is CCCc1noc(CCC(=O)NOC2CCCC2)n1. The zero-order valence-electron chi connectivity index (χ0n) is 11.4. The van der Waals surface area contributed by atoms with Gasteiger partial charge in [-0.2, -0.15) is 4.98 Å². The number of nitrogens with zero attached hydrogens (tertiary/aromatic N) is 2. The van der Waals surface area contributed by atoms with Crippen molar-refractivity contribution in [1.82, 2.24) is 15.6 Å². The predicted octanol–water partition coefficient (Wildman–Crippen LogP) is 1.95. The third-order valence-corrected chi connectivity index (χ3v) is 3.19. The molecule has 1 N–H and O–H groups in total. The Morgan fingerprint density at radius 3 is 2.95 bits per heavy atom. The van der Waals surface area contributed by atoms with Gasteiger partial charge in [-0.3, -0.25) is 9.63 Å². The van der Waals surface area contributed by atoms with E-state index in [0.717, 1.165) is 25.7 Å². The van der Waals surface area contributed by atoms with Crippen LogP contribution in [0.3, 0.4) is 0 Å². The zero-order valence-corrected chi connectivity index (χ0v) is 11.4. The number of nitrogens with one attached hydrogen (secondary N) is 1. The number of hydrogen-bond acceptors (Lipinski definition) is 5. The summed E-state index contributed by atoms with van der Waals surface area (Å²) in [5, 5.41) is 3.84. The lowest BCUT2D eigenvalue weighted by atomic mass is 10.3. The maximum atomic E-state index is 11.6. The molecule has 1 aliphatic carbocycles. The third kappa shape index (κ3) is 4.63. The van der Waals surface area contributed by atoms with Crippen LogP contribution in [0, 0.1) is 0 Å². The molecule has 0 radical (unpaired) electrons. The van der Waals surface area contributed by atoms with E-state index in [2.05, 4.69) is 22.5 Å². The summed E-state index contributed by atoms with van der Waals surface area (Å²) in [4.78, 5) is 21.1. The number of rotatable bonds is 7. The quantitative estimate of drug-likeness (QED) is 0.764. The Hall–Kier alpha value is -1.43. The molecule has 0 atom stereocenters. The van der Waals surface area contributed by atoms with E-state index in [4.69, 9.17) is 9.36 Å². The van der Waals surface area contributed by atoms with Gasteiger partial charge in [-0.25, -0.2) is 5.48 Å². The maximum absolute atomic E-state index is 11.6. The Balaban J connectivity index is 1.64. The molecule has 0 aliphatic heterocycles. The van der Waals surface area contributed by atoms with Gasteiger partial charge < -0.3 is 4.52 Å². The molecule has 0 saturated heterocycles. The normalized spacial score (nSPS) is 15.8. The van der Waals surface area contributed by atoms with Crippen LogP contribution in [0.15, 0.2) is 4.52 Å². The van der Waals surface area contributed by atoms with Crippen LogP contribution in [0.5, 0.6) is 0 Å². The van der Waals surface area contributed by atoms with Crippen molar-refractivity contribution in [2.45, 2.75) is 64.4 Å². The number of carbonyl (C=O) groups excluding carboxylic acids is 1. The molecule has 0 unspecified atom stereocenters. The Bertz CT molecular complexity index is 400. The number of amides is 1. The van der Waals surface area contributed by atoms with Gasteiger partial charge in [0.25, 0.3) is 0 Å². The lowest BCUT2D eigenvalue weighted by Crippen LogP contribution is -2.28. The van der Waals surface area contributed by atoms with Gasteiger partial charge in [0.2, 0.25) is 11.8 Å². The molecule has 1 amide bonds. The fourth-order valence-electron chi connectivity index (χ4n) is 2.14. The average molecular weight is 267 g/mol. The van der Waals surface area contributed by atoms with Gasteiger partial charge in [0.05, 0.1) is 6.10 Å². The van der Waals surface area contributed by atoms with Crippen molar-refractivity contribution in [2.75, 3.05) is 0 Å². The molecule has 106 valence electrons. The summed E-state index contributed by atoms with van der Waals surface area (Å²) in [5.74, 6) is 1.08. The summed E-state index contributed by atoms with van der Waals surface area (Å²) < 4.78 is 5.06. The van der Waals surface area contributed by atoms with Crippen molar-refractivity contribution in [2.24, 2.45) is 0 Å². The van der Waals surface area contributed by atoms with E-state index in [1.54, 1.807) is 0 Å². The minimum Gasteiger partial charge on any atom is -0.339 e. The maximum Gasteiger partial charge on any atom is 0.244 e. The monoisotopic (exact) mass is 267 g/mol. The lowest BCUT2D eigenvalue weighted by Gasteiger charge is -2.10. The van der Waals surface area contributed by atoms with E-state index in [9.17, 15) is 4.79 Å². The lowest BCUT2D eigenvalue weighted by molar-refractivity contribution is -0.138. The number of hydroxylamine groups is 1. The van der Waals surface area contributed by atoms with Crippen LogP contribution in [0.1, 0.15) is 57.2 Å². The molecule has 1 heterocycles. The van der Waals surface area contributed by atoms with Gasteiger partial charge in [0.1, 0.15) is 0 Å². The summed E-state index contributed by atoms with van der Waals surface area (Å²) in [6, 6.07) is 0. The highest BCUT2D eigenvalue weighted by Gasteiger charge is 2.17. The number of carbonyl (C=O) groups is 1. The van der Waals surface area contributed by atoms with Gasteiger partial charge in [-0.05, 0) is 19.3 Å². The molecule has 19 heavy (non-hydrogen) atoms. The van der Waals surface area contributed by atoms with Gasteiger partial charge in [-0.1, -0.05) is 24.9 Å². The van der Waals surface area contributed by atoms with Gasteiger partial charge in [0, 0.05) is 19.3 Å². The average Bonchev–Trinajstić information content (AvgIpc) is 3.05. The summed E-state index contributed by atoms with van der Waals surface area (Å²) in [6.07, 6.45) is 7.16. The molecule has 2 rings (SSSR count). The van der Waals surface area contributed by atoms with E-state index in [0.29, 0.717) is 24.6 Å². The molecule has 6 heteroatoms. The molecule has 0 bridgehead atoms. The minimum atomic E-state index is -0.137. The van der Waals surface area contributed by atoms with Crippen molar-refractivity contribution in [3.05, 3.63) is 11.7 Å². The van der Waals surface area contributed by atoms with Crippen molar-refractivity contribution in [3.8, 4) is 0 Å². The van der Waals surface area contributed by atoms with E-state index < -0.39 is 0 Å². The second-order valence-electron chi connectivity index (χ2n) is 4.90. The summed E-state index contributed by atoms with van der Waals surface area (Å²) in [7, 11) is 0. The fraction of sp³-hybridized carbons (Fsp3) is 0.769. The Morgan fingerprint density at radius 1 is 1.42 bits per heavy atom. The first kappa shape index (κ1) is 14.0. The molecular formula is C13H21N3O3. The summed E-state index contributed by atoms with van der Waals surface area (Å²) in [6.45, 7) is 2.06. The molecule has 1 aliphatic rings. The molecular weight excluding hydrogens is 246 g/mol. The highest BCUT2D eigenvalue weighted by molar-refractivity contribution is 5.74. The molecule has 1 aromatic rings. The summed E-state index contributed by atoms with van der Waals surface area (Å²) in [5.41, 5.74) is 2.50. The number of aromatic nitrogens is 2. The van der Waals surface area contributed by atoms with Crippen LogP contribution in [0.25, 0.3) is 0 Å². The van der Waals surface area contributed by atoms with Crippen LogP contribution in [-0.4, -0.2) is 22.2 Å². The Labute approximate surface area is 112 Å². The third-order valence-electron chi connectivity index (χ3n) is 3.19. The smallest absolute Gasteiger partial charge is 0.244 e. The van der Waals surface area contributed by atoms with E-state index in [-0.39, 0.29) is 12.0 Å². The number of aryl methyl sites for hydroxylation is 2. The van der Waals surface area contributed by atoms with Crippen molar-refractivity contribution in [3.63, 3.8) is 0 Å². The first-order valence-corrected chi connectivity index (χ1v) is 7.04. The second kappa shape index (κ2) is 7.23. The fourth-order valence-corrected chi connectivity index (χ4v) is 2.14. The minimum absolute atomic E-state index is 0.137. The van der Waals surface area contributed by atoms with Crippen molar-refractivity contribution >= 4 is 5.91 Å². The molecule has 1 aromatic heterocycles. The topological polar surface area (TPSA) is 77.2 Å². The van der Waals surface area contributed by atoms with Crippen LogP contribution in [0.4, 0.5) is 0 Å². The number of hydrogen-bond donors (Lipinski definition) is 1. The van der Waals surface area contributed by atoms with E-state index in [1.807, 2.05) is 0 Å². The van der Waals surface area contributed by atoms with Crippen molar-refractivity contribution in [1.29, 1.82) is 0 Å². The highest BCUT2D eigenvalue weighted by atomic mass is 16.7. The Kier molecular flexibility index (Phi) is 5.32. The Morgan fingerprint density at radius 2 is 2.21 bits per heavy atom. The molecule has 6 nitrogen and oxygen atoms in total. The van der Waals surface area contributed by atoms with E-state index in [1.165, 1.54) is 12.8 Å². The predicted molar refractivity (Wildman–Crippen MR) is 68.1 cm³/mol. The van der Waals surface area contributed by atoms with Crippen LogP contribution in [0.2, 0.25) is 0 Å². The van der Waals surface area contributed by atoms with Crippen LogP contribution >= 0.6 is 0 Å². The first-order chi connectivity index (χ1) is 9.28. The molecule has 0 aromatic carbocycles. The van der Waals surface area contributed by atoms with E-state index >= 15 is 0 Å².